The fourth-order valence-electron chi connectivity index (χ4n) is 8.37. The van der Waals surface area contributed by atoms with Gasteiger partial charge in [-0.15, -0.1) is 0 Å². The maximum absolute atomic E-state index is 6.58. The van der Waals surface area contributed by atoms with E-state index >= 15 is 0 Å². The Labute approximate surface area is 295 Å². The van der Waals surface area contributed by atoms with Crippen LogP contribution in [-0.4, -0.2) is 0 Å². The van der Waals surface area contributed by atoms with Crippen LogP contribution in [-0.2, 0) is 5.41 Å². The molecule has 0 atom stereocenters. The summed E-state index contributed by atoms with van der Waals surface area (Å²) in [6.07, 6.45) is 0. The van der Waals surface area contributed by atoms with Crippen molar-refractivity contribution in [3.8, 4) is 45.3 Å². The highest BCUT2D eigenvalue weighted by Crippen LogP contribution is 2.55. The number of rotatable bonds is 4. The van der Waals surface area contributed by atoms with Gasteiger partial charge in [0.25, 0.3) is 0 Å². The molecule has 0 N–H and O–H groups in total. The minimum Gasteiger partial charge on any atom is -0.455 e. The van der Waals surface area contributed by atoms with Crippen molar-refractivity contribution in [1.82, 2.24) is 0 Å². The lowest BCUT2D eigenvalue weighted by molar-refractivity contribution is 0.363. The van der Waals surface area contributed by atoms with Gasteiger partial charge in [-0.3, -0.25) is 0 Å². The van der Waals surface area contributed by atoms with Gasteiger partial charge in [-0.05, 0) is 100 Å². The molecule has 0 unspecified atom stereocenters. The molecule has 11 rings (SSSR count). The van der Waals surface area contributed by atoms with Crippen molar-refractivity contribution in [3.63, 3.8) is 0 Å². The Morgan fingerprint density at radius 1 is 0.451 bits per heavy atom. The van der Waals surface area contributed by atoms with Crippen molar-refractivity contribution in [1.29, 1.82) is 0 Å². The van der Waals surface area contributed by atoms with Crippen LogP contribution in [0.25, 0.3) is 55.0 Å². The summed E-state index contributed by atoms with van der Waals surface area (Å²) in [5.41, 5.74) is 12.5. The van der Waals surface area contributed by atoms with E-state index in [9.17, 15) is 0 Å². The monoisotopic (exact) mass is 657 g/mol. The van der Waals surface area contributed by atoms with Crippen LogP contribution >= 0.6 is 0 Å². The molecular weight excluding hydrogens is 627 g/mol. The number of benzene rings is 8. The first-order valence-corrected chi connectivity index (χ1v) is 17.4. The third kappa shape index (κ3) is 4.02. The molecule has 1 aliphatic heterocycles. The number of hydrogen-bond donors (Lipinski definition) is 0. The normalized spacial score (nSPS) is 13.8. The van der Waals surface area contributed by atoms with Crippen molar-refractivity contribution < 1.29 is 13.9 Å². The van der Waals surface area contributed by atoms with Crippen LogP contribution in [0.3, 0.4) is 0 Å². The Morgan fingerprint density at radius 2 is 1.10 bits per heavy atom. The summed E-state index contributed by atoms with van der Waals surface area (Å²) in [4.78, 5) is 2.36. The number of fused-ring (bicyclic) bond motifs is 14. The molecule has 3 heterocycles. The van der Waals surface area contributed by atoms with E-state index in [1.807, 2.05) is 30.3 Å². The number of ether oxygens (including phenoxy) is 2. The SMILES string of the molecule is CC1(C)c2ccccc2-c2ccc(N(c3ccc(-c4ccccc4)cc3)c3ccc4c(c3)c3oc4c4ccc5c(c43)Oc3ccccc3O5)cc21. The number of nitrogens with zero attached hydrogens (tertiary/aromatic N) is 1. The number of furan rings is 2. The van der Waals surface area contributed by atoms with Crippen molar-refractivity contribution >= 4 is 49.8 Å². The van der Waals surface area contributed by atoms with Gasteiger partial charge in [0.1, 0.15) is 11.2 Å². The third-order valence-electron chi connectivity index (χ3n) is 10.9. The molecule has 0 spiro atoms. The molecule has 7 aromatic carbocycles. The van der Waals surface area contributed by atoms with Crippen molar-refractivity contribution in [2.75, 3.05) is 4.90 Å². The first kappa shape index (κ1) is 28.3. The van der Waals surface area contributed by atoms with Crippen LogP contribution in [0.15, 0.2) is 156 Å². The van der Waals surface area contributed by atoms with Crippen LogP contribution in [0.2, 0.25) is 0 Å². The van der Waals surface area contributed by atoms with E-state index in [-0.39, 0.29) is 5.41 Å². The highest BCUT2D eigenvalue weighted by Gasteiger charge is 2.36. The van der Waals surface area contributed by atoms with Crippen molar-refractivity contribution in [3.05, 3.63) is 163 Å². The fourth-order valence-corrected chi connectivity index (χ4v) is 8.37. The molecule has 0 amide bonds. The second kappa shape index (κ2) is 10.3. The first-order chi connectivity index (χ1) is 25.0. The molecule has 1 aliphatic carbocycles. The van der Waals surface area contributed by atoms with E-state index in [1.54, 1.807) is 0 Å². The molecule has 2 aliphatic rings. The predicted molar refractivity (Wildman–Crippen MR) is 207 cm³/mol. The average Bonchev–Trinajstić information content (AvgIpc) is 3.82. The van der Waals surface area contributed by atoms with Crippen LogP contribution in [0.4, 0.5) is 17.1 Å². The summed E-state index contributed by atoms with van der Waals surface area (Å²) in [7, 11) is 0. The number of hydrogen-bond acceptors (Lipinski definition) is 4. The van der Waals surface area contributed by atoms with Gasteiger partial charge in [-0.25, -0.2) is 0 Å². The lowest BCUT2D eigenvalue weighted by Crippen LogP contribution is -2.16. The molecule has 2 bridgehead atoms. The summed E-state index contributed by atoms with van der Waals surface area (Å²) < 4.78 is 19.4. The lowest BCUT2D eigenvalue weighted by atomic mass is 9.82. The maximum atomic E-state index is 6.58. The summed E-state index contributed by atoms with van der Waals surface area (Å²) in [6, 6.07) is 53.6. The molecule has 9 aromatic rings. The smallest absolute Gasteiger partial charge is 0.181 e. The van der Waals surface area contributed by atoms with Gasteiger partial charge in [0, 0.05) is 38.6 Å². The average molecular weight is 658 g/mol. The predicted octanol–water partition coefficient (Wildman–Crippen LogP) is 13.5. The van der Waals surface area contributed by atoms with E-state index in [0.29, 0.717) is 23.0 Å². The minimum absolute atomic E-state index is 0.119. The topological polar surface area (TPSA) is 34.8 Å². The highest BCUT2D eigenvalue weighted by molar-refractivity contribution is 6.27. The van der Waals surface area contributed by atoms with Gasteiger partial charge in [0.2, 0.25) is 0 Å². The molecular formula is C47H31NO3. The van der Waals surface area contributed by atoms with Gasteiger partial charge in [-0.2, -0.15) is 0 Å². The minimum atomic E-state index is -0.119. The highest BCUT2D eigenvalue weighted by atomic mass is 16.6. The molecule has 0 saturated carbocycles. The maximum Gasteiger partial charge on any atom is 0.181 e. The Kier molecular flexibility index (Phi) is 5.70. The van der Waals surface area contributed by atoms with Crippen LogP contribution in [0.1, 0.15) is 25.0 Å². The molecule has 0 fully saturated rings. The largest absolute Gasteiger partial charge is 0.455 e. The third-order valence-corrected chi connectivity index (χ3v) is 10.9. The summed E-state index contributed by atoms with van der Waals surface area (Å²) in [5.74, 6) is 2.80. The summed E-state index contributed by atoms with van der Waals surface area (Å²) in [6.45, 7) is 4.67. The van der Waals surface area contributed by atoms with Gasteiger partial charge in [-0.1, -0.05) is 98.8 Å². The van der Waals surface area contributed by atoms with Crippen LogP contribution < -0.4 is 14.4 Å². The zero-order valence-corrected chi connectivity index (χ0v) is 28.1. The van der Waals surface area contributed by atoms with Crippen LogP contribution in [0.5, 0.6) is 23.0 Å². The second-order valence-corrected chi connectivity index (χ2v) is 14.1. The van der Waals surface area contributed by atoms with Gasteiger partial charge < -0.3 is 18.8 Å². The molecule has 0 radical (unpaired) electrons. The lowest BCUT2D eigenvalue weighted by Gasteiger charge is -2.28. The Morgan fingerprint density at radius 3 is 1.94 bits per heavy atom. The van der Waals surface area contributed by atoms with E-state index < -0.39 is 0 Å². The molecule has 51 heavy (non-hydrogen) atoms. The Bertz CT molecular complexity index is 2830. The zero-order chi connectivity index (χ0) is 33.8. The summed E-state index contributed by atoms with van der Waals surface area (Å²) >= 11 is 0. The quantitative estimate of drug-likeness (QED) is 0.176. The van der Waals surface area contributed by atoms with Gasteiger partial charge in [0.15, 0.2) is 23.0 Å². The number of anilines is 3. The first-order valence-electron chi connectivity index (χ1n) is 17.4. The van der Waals surface area contributed by atoms with Crippen molar-refractivity contribution in [2.24, 2.45) is 0 Å². The van der Waals surface area contributed by atoms with E-state index in [1.165, 1.54) is 33.4 Å². The second-order valence-electron chi connectivity index (χ2n) is 14.1. The van der Waals surface area contributed by atoms with Crippen LogP contribution in [0, 0.1) is 0 Å². The zero-order valence-electron chi connectivity index (χ0n) is 28.1. The molecule has 2 aromatic heterocycles. The standard InChI is InChI=1S/C47H31NO3/c1-47(2)38-13-7-6-12-33(38)34-22-20-32(27-39(34)47)48(30-18-16-29(17-19-30)28-10-4-3-5-11-28)31-21-23-35-37(26-31)45-43-36(44(35)51-45)24-25-42-46(43)50-41-15-9-8-14-40(41)49-42/h3-27H,1-2H3. The molecule has 4 heteroatoms. The van der Waals surface area contributed by atoms with E-state index in [0.717, 1.165) is 49.8 Å². The number of para-hydroxylation sites is 2. The van der Waals surface area contributed by atoms with E-state index in [4.69, 9.17) is 13.9 Å². The fraction of sp³-hybridized carbons (Fsp3) is 0.0638. The Balaban J connectivity index is 1.09. The molecule has 0 saturated heterocycles. The molecule has 4 nitrogen and oxygen atoms in total. The van der Waals surface area contributed by atoms with Gasteiger partial charge in [0.05, 0.1) is 5.39 Å². The Hall–Kier alpha value is -6.52. The summed E-state index contributed by atoms with van der Waals surface area (Å²) in [5, 5.41) is 4.10. The van der Waals surface area contributed by atoms with Crippen molar-refractivity contribution in [2.45, 2.75) is 19.3 Å². The van der Waals surface area contributed by atoms with Gasteiger partial charge >= 0.3 is 0 Å². The van der Waals surface area contributed by atoms with E-state index in [2.05, 4.69) is 140 Å². The molecule has 242 valence electrons.